The van der Waals surface area contributed by atoms with E-state index >= 15 is 0 Å². The minimum absolute atomic E-state index is 0.00312. The number of aromatic nitrogens is 1. The summed E-state index contributed by atoms with van der Waals surface area (Å²) in [6, 6.07) is 7.32. The Labute approximate surface area is 155 Å². The van der Waals surface area contributed by atoms with Gasteiger partial charge in [0.05, 0.1) is 17.0 Å². The van der Waals surface area contributed by atoms with Gasteiger partial charge in [-0.2, -0.15) is 13.2 Å². The van der Waals surface area contributed by atoms with Crippen molar-refractivity contribution in [3.8, 4) is 0 Å². The quantitative estimate of drug-likeness (QED) is 0.772. The summed E-state index contributed by atoms with van der Waals surface area (Å²) in [5.41, 5.74) is 8.29. The molecule has 27 heavy (non-hydrogen) atoms. The molecule has 1 amide bonds. The van der Waals surface area contributed by atoms with Crippen LogP contribution in [-0.2, 0) is 0 Å². The Morgan fingerprint density at radius 2 is 2.15 bits per heavy atom. The molecule has 0 bridgehead atoms. The lowest BCUT2D eigenvalue weighted by Crippen LogP contribution is -2.26. The number of fused-ring (bicyclic) bond motifs is 1. The van der Waals surface area contributed by atoms with Crippen LogP contribution in [0.25, 0.3) is 16.5 Å². The number of amides is 1. The number of alkyl halides is 3. The molecule has 7 heteroatoms. The van der Waals surface area contributed by atoms with Crippen molar-refractivity contribution >= 4 is 22.4 Å². The highest BCUT2D eigenvalue weighted by molar-refractivity contribution is 5.99. The summed E-state index contributed by atoms with van der Waals surface area (Å²) >= 11 is 0. The summed E-state index contributed by atoms with van der Waals surface area (Å²) in [5, 5.41) is 3.57. The summed E-state index contributed by atoms with van der Waals surface area (Å²) in [6.07, 6.45) is 0.183. The fraction of sp³-hybridized carbons (Fsp3) is 0.400. The van der Waals surface area contributed by atoms with Gasteiger partial charge in [-0.1, -0.05) is 24.3 Å². The Morgan fingerprint density at radius 3 is 2.81 bits per heavy atom. The minimum atomic E-state index is -4.15. The molecular weight excluding hydrogens is 355 g/mol. The maximum Gasteiger partial charge on any atom is 0.392 e. The van der Waals surface area contributed by atoms with Crippen molar-refractivity contribution in [3.63, 3.8) is 0 Å². The molecule has 1 unspecified atom stereocenters. The molecule has 1 aromatic heterocycles. The monoisotopic (exact) mass is 377 g/mol. The van der Waals surface area contributed by atoms with E-state index in [0.29, 0.717) is 37.0 Å². The normalized spacial score (nSPS) is 17.6. The van der Waals surface area contributed by atoms with Crippen molar-refractivity contribution in [3.05, 3.63) is 47.7 Å². The summed E-state index contributed by atoms with van der Waals surface area (Å²) in [4.78, 5) is 16.6. The Kier molecular flexibility index (Phi) is 5.79. The molecule has 0 fully saturated rings. The molecule has 1 aliphatic carbocycles. The highest BCUT2D eigenvalue weighted by atomic mass is 19.4. The van der Waals surface area contributed by atoms with Gasteiger partial charge in [0.15, 0.2) is 0 Å². The van der Waals surface area contributed by atoms with E-state index in [1.165, 1.54) is 6.20 Å². The molecule has 1 aliphatic rings. The number of carbonyl (C=O) groups excluding carboxylic acids is 1. The van der Waals surface area contributed by atoms with Gasteiger partial charge in [0, 0.05) is 23.7 Å². The van der Waals surface area contributed by atoms with Crippen LogP contribution in [0.2, 0.25) is 0 Å². The molecule has 4 nitrogen and oxygen atoms in total. The second kappa shape index (κ2) is 8.08. The van der Waals surface area contributed by atoms with Crippen LogP contribution in [0.3, 0.4) is 0 Å². The first-order valence-electron chi connectivity index (χ1n) is 9.03. The van der Waals surface area contributed by atoms with Crippen molar-refractivity contribution in [2.24, 2.45) is 11.7 Å². The van der Waals surface area contributed by atoms with Gasteiger partial charge < -0.3 is 11.1 Å². The van der Waals surface area contributed by atoms with Gasteiger partial charge in [0.1, 0.15) is 0 Å². The number of pyridine rings is 1. The summed E-state index contributed by atoms with van der Waals surface area (Å²) in [5.74, 6) is -1.49. The maximum atomic E-state index is 12.9. The second-order valence-electron chi connectivity index (χ2n) is 6.74. The number of hydrogen-bond acceptors (Lipinski definition) is 3. The number of nitrogens with one attached hydrogen (secondary N) is 1. The number of nitrogens with two attached hydrogens (primary N) is 1. The van der Waals surface area contributed by atoms with E-state index in [1.807, 2.05) is 18.2 Å². The SMILES string of the molecule is NCCCNC(=O)c1cnc2c(C3=CCC(C(F)(F)F)CC3)cccc2c1. The van der Waals surface area contributed by atoms with E-state index in [1.54, 1.807) is 12.1 Å². The van der Waals surface area contributed by atoms with Crippen molar-refractivity contribution in [1.29, 1.82) is 0 Å². The van der Waals surface area contributed by atoms with E-state index in [9.17, 15) is 18.0 Å². The Hall–Kier alpha value is -2.41. The third-order valence-corrected chi connectivity index (χ3v) is 4.86. The third-order valence-electron chi connectivity index (χ3n) is 4.86. The van der Waals surface area contributed by atoms with Gasteiger partial charge in [0.2, 0.25) is 0 Å². The number of allylic oxidation sites excluding steroid dienone is 2. The van der Waals surface area contributed by atoms with Gasteiger partial charge in [-0.15, -0.1) is 0 Å². The van der Waals surface area contributed by atoms with Crippen LogP contribution < -0.4 is 11.1 Å². The zero-order valence-corrected chi connectivity index (χ0v) is 14.9. The molecule has 144 valence electrons. The predicted molar refractivity (Wildman–Crippen MR) is 99.1 cm³/mol. The first-order chi connectivity index (χ1) is 12.9. The Bertz CT molecular complexity index is 861. The molecule has 0 spiro atoms. The molecule has 2 aromatic rings. The standard InChI is InChI=1S/C20H22F3N3O/c21-20(22,23)16-7-5-13(6-8-16)17-4-1-3-14-11-15(12-26-18(14)17)19(27)25-10-2-9-24/h1,3-5,11-12,16H,2,6-10,24H2,(H,25,27). The first-order valence-corrected chi connectivity index (χ1v) is 9.03. The van der Waals surface area contributed by atoms with E-state index in [4.69, 9.17) is 5.73 Å². The zero-order valence-electron chi connectivity index (χ0n) is 14.9. The fourth-order valence-electron chi connectivity index (χ4n) is 3.33. The van der Waals surface area contributed by atoms with Crippen molar-refractivity contribution in [2.75, 3.05) is 13.1 Å². The predicted octanol–water partition coefficient (Wildman–Crippen LogP) is 4.06. The highest BCUT2D eigenvalue weighted by Crippen LogP contribution is 2.40. The molecule has 1 heterocycles. The minimum Gasteiger partial charge on any atom is -0.352 e. The van der Waals surface area contributed by atoms with Crippen LogP contribution in [0.4, 0.5) is 13.2 Å². The highest BCUT2D eigenvalue weighted by Gasteiger charge is 2.39. The fourth-order valence-corrected chi connectivity index (χ4v) is 3.33. The first kappa shape index (κ1) is 19.4. The molecular formula is C20H22F3N3O. The van der Waals surface area contributed by atoms with Crippen LogP contribution in [-0.4, -0.2) is 30.2 Å². The molecule has 0 saturated heterocycles. The molecule has 0 aliphatic heterocycles. The second-order valence-corrected chi connectivity index (χ2v) is 6.74. The maximum absolute atomic E-state index is 12.9. The van der Waals surface area contributed by atoms with Crippen molar-refractivity contribution in [2.45, 2.75) is 31.9 Å². The van der Waals surface area contributed by atoms with Crippen LogP contribution in [0.1, 0.15) is 41.6 Å². The van der Waals surface area contributed by atoms with E-state index < -0.39 is 12.1 Å². The van der Waals surface area contributed by atoms with E-state index in [-0.39, 0.29) is 18.7 Å². The lowest BCUT2D eigenvalue weighted by atomic mass is 9.85. The molecule has 0 radical (unpaired) electrons. The zero-order chi connectivity index (χ0) is 19.4. The smallest absolute Gasteiger partial charge is 0.352 e. The van der Waals surface area contributed by atoms with Crippen LogP contribution in [0.5, 0.6) is 0 Å². The lowest BCUT2D eigenvalue weighted by Gasteiger charge is -2.24. The number of para-hydroxylation sites is 1. The Balaban J connectivity index is 1.84. The summed E-state index contributed by atoms with van der Waals surface area (Å²) in [7, 11) is 0. The molecule has 0 saturated carbocycles. The number of benzene rings is 1. The number of carbonyl (C=O) groups is 1. The largest absolute Gasteiger partial charge is 0.392 e. The number of halogens is 3. The molecule has 3 N–H and O–H groups in total. The van der Waals surface area contributed by atoms with Crippen LogP contribution in [0, 0.1) is 5.92 Å². The van der Waals surface area contributed by atoms with Gasteiger partial charge in [0.25, 0.3) is 5.91 Å². The van der Waals surface area contributed by atoms with E-state index in [0.717, 1.165) is 16.5 Å². The lowest BCUT2D eigenvalue weighted by molar-refractivity contribution is -0.175. The van der Waals surface area contributed by atoms with Gasteiger partial charge >= 0.3 is 6.18 Å². The van der Waals surface area contributed by atoms with E-state index in [2.05, 4.69) is 10.3 Å². The van der Waals surface area contributed by atoms with Gasteiger partial charge in [-0.3, -0.25) is 9.78 Å². The van der Waals surface area contributed by atoms with Crippen molar-refractivity contribution in [1.82, 2.24) is 10.3 Å². The number of nitrogens with zero attached hydrogens (tertiary/aromatic N) is 1. The average molecular weight is 377 g/mol. The summed E-state index contributed by atoms with van der Waals surface area (Å²) in [6.45, 7) is 1.00. The van der Waals surface area contributed by atoms with Crippen LogP contribution >= 0.6 is 0 Å². The summed E-state index contributed by atoms with van der Waals surface area (Å²) < 4.78 is 38.6. The third kappa shape index (κ3) is 4.47. The average Bonchev–Trinajstić information content (AvgIpc) is 2.66. The number of rotatable bonds is 5. The molecule has 1 aromatic carbocycles. The van der Waals surface area contributed by atoms with Crippen LogP contribution in [0.15, 0.2) is 36.5 Å². The number of hydrogen-bond donors (Lipinski definition) is 2. The van der Waals surface area contributed by atoms with Gasteiger partial charge in [-0.05, 0) is 43.9 Å². The van der Waals surface area contributed by atoms with Gasteiger partial charge in [-0.25, -0.2) is 0 Å². The molecule has 3 rings (SSSR count). The van der Waals surface area contributed by atoms with Crippen molar-refractivity contribution < 1.29 is 18.0 Å². The topological polar surface area (TPSA) is 68.0 Å². The molecule has 1 atom stereocenters. The Morgan fingerprint density at radius 1 is 1.33 bits per heavy atom.